The molecule has 1 amide bonds. The van der Waals surface area contributed by atoms with Crippen molar-refractivity contribution in [3.63, 3.8) is 0 Å². The predicted octanol–water partition coefficient (Wildman–Crippen LogP) is 6.87. The Balaban J connectivity index is 1.38. The molecule has 0 aliphatic heterocycles. The highest BCUT2D eigenvalue weighted by Gasteiger charge is 2.24. The first kappa shape index (κ1) is 27.2. The van der Waals surface area contributed by atoms with E-state index in [2.05, 4.69) is 12.2 Å². The molecular formula is C33H37N5O2. The van der Waals surface area contributed by atoms with Crippen LogP contribution < -0.4 is 15.8 Å². The van der Waals surface area contributed by atoms with E-state index >= 15 is 0 Å². The van der Waals surface area contributed by atoms with Gasteiger partial charge >= 0.3 is 0 Å². The van der Waals surface area contributed by atoms with E-state index in [4.69, 9.17) is 20.4 Å². The third-order valence-electron chi connectivity index (χ3n) is 7.13. The molecule has 0 atom stereocenters. The number of aromatic nitrogens is 3. The van der Waals surface area contributed by atoms with Crippen molar-refractivity contribution in [2.45, 2.75) is 51.9 Å². The molecule has 206 valence electrons. The lowest BCUT2D eigenvalue weighted by Gasteiger charge is -2.10. The van der Waals surface area contributed by atoms with Crippen molar-refractivity contribution < 1.29 is 9.53 Å². The van der Waals surface area contributed by atoms with E-state index in [9.17, 15) is 4.79 Å². The Morgan fingerprint density at radius 2 is 1.52 bits per heavy atom. The van der Waals surface area contributed by atoms with E-state index in [1.54, 1.807) is 4.57 Å². The molecule has 0 aliphatic rings. The summed E-state index contributed by atoms with van der Waals surface area (Å²) >= 11 is 0. The van der Waals surface area contributed by atoms with Crippen LogP contribution in [0.5, 0.6) is 5.75 Å². The van der Waals surface area contributed by atoms with E-state index in [0.717, 1.165) is 35.4 Å². The molecule has 3 N–H and O–H groups in total. The standard InChI is InChI=1S/C33H37N5O2/c1-2-3-4-5-6-12-23-40-26-19-17-25(18-20-26)38-31(34)29(33(39)35-22-21-24-13-8-7-9-14-24)30-32(38)37-28-16-11-10-15-27(28)36-30/h7-11,13-20H,2-6,12,21-23,34H2,1H3,(H,35,39). The quantitative estimate of drug-likeness (QED) is 0.161. The van der Waals surface area contributed by atoms with Gasteiger partial charge in [-0.3, -0.25) is 9.36 Å². The van der Waals surface area contributed by atoms with Gasteiger partial charge in [0.2, 0.25) is 0 Å². The second-order valence-electron chi connectivity index (χ2n) is 10.1. The molecule has 3 aromatic carbocycles. The number of hydrogen-bond donors (Lipinski definition) is 2. The second-order valence-corrected chi connectivity index (χ2v) is 10.1. The van der Waals surface area contributed by atoms with Crippen molar-refractivity contribution in [3.05, 3.63) is 90.0 Å². The number of benzene rings is 3. The number of carbonyl (C=O) groups excluding carboxylic acids is 1. The molecule has 7 heteroatoms. The lowest BCUT2D eigenvalue weighted by molar-refractivity contribution is 0.0956. The molecular weight excluding hydrogens is 498 g/mol. The third kappa shape index (κ3) is 6.25. The summed E-state index contributed by atoms with van der Waals surface area (Å²) in [6.07, 6.45) is 8.07. The molecule has 0 radical (unpaired) electrons. The minimum atomic E-state index is -0.263. The van der Waals surface area contributed by atoms with Crippen LogP contribution in [-0.2, 0) is 6.42 Å². The van der Waals surface area contributed by atoms with E-state index in [0.29, 0.717) is 41.2 Å². The maximum Gasteiger partial charge on any atom is 0.257 e. The average Bonchev–Trinajstić information content (AvgIpc) is 3.26. The SMILES string of the molecule is CCCCCCCCOc1ccc(-n2c(N)c(C(=O)NCCc3ccccc3)c3nc4ccccc4nc32)cc1. The number of unbranched alkanes of at least 4 members (excludes halogenated alkanes) is 5. The zero-order valence-corrected chi connectivity index (χ0v) is 23.1. The molecule has 0 bridgehead atoms. The number of carbonyl (C=O) groups is 1. The van der Waals surface area contributed by atoms with Crippen molar-refractivity contribution in [3.8, 4) is 11.4 Å². The van der Waals surface area contributed by atoms with Gasteiger partial charge in [0.15, 0.2) is 5.65 Å². The fourth-order valence-electron chi connectivity index (χ4n) is 4.96. The molecule has 2 heterocycles. The lowest BCUT2D eigenvalue weighted by atomic mass is 10.1. The Kier molecular flexibility index (Phi) is 8.91. The fraction of sp³-hybridized carbons (Fsp3) is 0.303. The highest BCUT2D eigenvalue weighted by atomic mass is 16.5. The molecule has 0 unspecified atom stereocenters. The summed E-state index contributed by atoms with van der Waals surface area (Å²) < 4.78 is 7.77. The normalized spacial score (nSPS) is 11.2. The molecule has 0 saturated heterocycles. The number of para-hydroxylation sites is 2. The van der Waals surface area contributed by atoms with Crippen molar-refractivity contribution in [2.75, 3.05) is 18.9 Å². The van der Waals surface area contributed by atoms with E-state index < -0.39 is 0 Å². The predicted molar refractivity (Wildman–Crippen MR) is 162 cm³/mol. The molecule has 0 spiro atoms. The number of nitrogen functional groups attached to an aromatic ring is 1. The van der Waals surface area contributed by atoms with Crippen LogP contribution in [0, 0.1) is 0 Å². The topological polar surface area (TPSA) is 95.1 Å². The third-order valence-corrected chi connectivity index (χ3v) is 7.13. The zero-order valence-electron chi connectivity index (χ0n) is 23.1. The fourth-order valence-corrected chi connectivity index (χ4v) is 4.96. The molecule has 7 nitrogen and oxygen atoms in total. The van der Waals surface area contributed by atoms with Crippen LogP contribution >= 0.6 is 0 Å². The summed E-state index contributed by atoms with van der Waals surface area (Å²) in [6, 6.07) is 25.5. The van der Waals surface area contributed by atoms with Crippen LogP contribution in [0.15, 0.2) is 78.9 Å². The minimum Gasteiger partial charge on any atom is -0.494 e. The Labute approximate surface area is 235 Å². The van der Waals surface area contributed by atoms with Crippen LogP contribution in [0.25, 0.3) is 27.9 Å². The number of nitrogens with one attached hydrogen (secondary N) is 1. The summed E-state index contributed by atoms with van der Waals surface area (Å²) in [5.74, 6) is 0.853. The van der Waals surface area contributed by atoms with Crippen molar-refractivity contribution >= 4 is 33.9 Å². The van der Waals surface area contributed by atoms with Gasteiger partial charge in [-0.25, -0.2) is 9.97 Å². The number of hydrogen-bond acceptors (Lipinski definition) is 5. The molecule has 2 aromatic heterocycles. The van der Waals surface area contributed by atoms with Crippen LogP contribution in [-0.4, -0.2) is 33.6 Å². The Bertz CT molecular complexity index is 1560. The first-order valence-electron chi connectivity index (χ1n) is 14.3. The van der Waals surface area contributed by atoms with Gasteiger partial charge < -0.3 is 15.8 Å². The number of ether oxygens (including phenoxy) is 1. The highest BCUT2D eigenvalue weighted by Crippen LogP contribution is 2.31. The maximum absolute atomic E-state index is 13.4. The maximum atomic E-state index is 13.4. The molecule has 40 heavy (non-hydrogen) atoms. The van der Waals surface area contributed by atoms with Gasteiger partial charge in [-0.15, -0.1) is 0 Å². The molecule has 0 aliphatic carbocycles. The average molecular weight is 536 g/mol. The summed E-state index contributed by atoms with van der Waals surface area (Å²) in [5.41, 5.74) is 11.4. The van der Waals surface area contributed by atoms with Crippen molar-refractivity contribution in [1.82, 2.24) is 19.9 Å². The van der Waals surface area contributed by atoms with Crippen molar-refractivity contribution in [1.29, 1.82) is 0 Å². The van der Waals surface area contributed by atoms with Gasteiger partial charge in [0.25, 0.3) is 5.91 Å². The summed E-state index contributed by atoms with van der Waals surface area (Å²) in [6.45, 7) is 3.42. The van der Waals surface area contributed by atoms with Gasteiger partial charge in [0.1, 0.15) is 22.6 Å². The largest absolute Gasteiger partial charge is 0.494 e. The highest BCUT2D eigenvalue weighted by molar-refractivity contribution is 6.11. The smallest absolute Gasteiger partial charge is 0.257 e. The van der Waals surface area contributed by atoms with Crippen LogP contribution in [0.3, 0.4) is 0 Å². The number of amides is 1. The van der Waals surface area contributed by atoms with Gasteiger partial charge in [-0.2, -0.15) is 0 Å². The van der Waals surface area contributed by atoms with Crippen LogP contribution in [0.1, 0.15) is 61.4 Å². The number of nitrogens with two attached hydrogens (primary N) is 1. The Hall–Kier alpha value is -4.39. The molecule has 5 aromatic rings. The minimum absolute atomic E-state index is 0.263. The summed E-state index contributed by atoms with van der Waals surface area (Å²) in [4.78, 5) is 23.1. The van der Waals surface area contributed by atoms with Crippen LogP contribution in [0.4, 0.5) is 5.82 Å². The summed E-state index contributed by atoms with van der Waals surface area (Å²) in [7, 11) is 0. The van der Waals surface area contributed by atoms with Gasteiger partial charge in [-0.05, 0) is 54.8 Å². The number of fused-ring (bicyclic) bond motifs is 2. The van der Waals surface area contributed by atoms with E-state index in [-0.39, 0.29) is 5.91 Å². The monoisotopic (exact) mass is 535 g/mol. The number of rotatable bonds is 13. The second kappa shape index (κ2) is 13.1. The number of anilines is 1. The van der Waals surface area contributed by atoms with Gasteiger partial charge in [0, 0.05) is 12.2 Å². The van der Waals surface area contributed by atoms with Crippen LogP contribution in [0.2, 0.25) is 0 Å². The summed E-state index contributed by atoms with van der Waals surface area (Å²) in [5, 5.41) is 3.03. The molecule has 5 rings (SSSR count). The van der Waals surface area contributed by atoms with Gasteiger partial charge in [-0.1, -0.05) is 81.5 Å². The zero-order chi connectivity index (χ0) is 27.7. The number of nitrogens with zero attached hydrogens (tertiary/aromatic N) is 3. The Morgan fingerprint density at radius 1 is 0.850 bits per heavy atom. The van der Waals surface area contributed by atoms with E-state index in [1.807, 2.05) is 78.9 Å². The van der Waals surface area contributed by atoms with Crippen molar-refractivity contribution in [2.24, 2.45) is 0 Å². The molecule has 0 fully saturated rings. The van der Waals surface area contributed by atoms with Gasteiger partial charge in [0.05, 0.1) is 17.6 Å². The molecule has 0 saturated carbocycles. The first-order valence-corrected chi connectivity index (χ1v) is 14.3. The lowest BCUT2D eigenvalue weighted by Crippen LogP contribution is -2.26. The first-order chi connectivity index (χ1) is 19.7. The van der Waals surface area contributed by atoms with E-state index in [1.165, 1.54) is 32.1 Å². The Morgan fingerprint density at radius 3 is 2.27 bits per heavy atom.